The lowest BCUT2D eigenvalue weighted by Gasteiger charge is -2.28. The Morgan fingerprint density at radius 2 is 2.15 bits per heavy atom. The zero-order chi connectivity index (χ0) is 9.26. The second-order valence-corrected chi connectivity index (χ2v) is 4.98. The van der Waals surface area contributed by atoms with E-state index in [0.717, 1.165) is 6.04 Å². The number of halogens is 1. The maximum Gasteiger partial charge on any atom is 0.0382 e. The predicted molar refractivity (Wildman–Crippen MR) is 65.2 cm³/mol. The number of aryl methyl sites for hydroxylation is 1. The molecule has 1 N–H and O–H groups in total. The highest BCUT2D eigenvalue weighted by Crippen LogP contribution is 2.26. The van der Waals surface area contributed by atoms with Crippen LogP contribution in [0.25, 0.3) is 0 Å². The molecule has 0 aromatic heterocycles. The van der Waals surface area contributed by atoms with Crippen molar-refractivity contribution in [1.82, 2.24) is 0 Å². The molecule has 0 spiro atoms. The van der Waals surface area contributed by atoms with E-state index in [1.54, 1.807) is 0 Å². The van der Waals surface area contributed by atoms with Crippen molar-refractivity contribution in [1.29, 1.82) is 0 Å². The van der Waals surface area contributed by atoms with Crippen LogP contribution in [0.4, 0.5) is 5.69 Å². The first-order valence-corrected chi connectivity index (χ1v) is 5.86. The summed E-state index contributed by atoms with van der Waals surface area (Å²) in [5, 5.41) is 3.58. The topological polar surface area (TPSA) is 12.0 Å². The lowest BCUT2D eigenvalue weighted by atomic mass is 9.93. The molecule has 2 heteroatoms. The van der Waals surface area contributed by atoms with E-state index in [2.05, 4.69) is 53.0 Å². The van der Waals surface area contributed by atoms with Crippen LogP contribution in [0.3, 0.4) is 0 Å². The number of anilines is 1. The minimum Gasteiger partial charge on any atom is -0.382 e. The van der Waals surface area contributed by atoms with Crippen molar-refractivity contribution in [3.63, 3.8) is 0 Å². The van der Waals surface area contributed by atoms with Gasteiger partial charge in [0.2, 0.25) is 0 Å². The van der Waals surface area contributed by atoms with E-state index in [9.17, 15) is 0 Å². The Hall–Kier alpha value is -0.250. The van der Waals surface area contributed by atoms with Crippen LogP contribution >= 0.6 is 22.6 Å². The molecule has 1 fully saturated rings. The first-order chi connectivity index (χ1) is 6.25. The first-order valence-electron chi connectivity index (χ1n) is 4.78. The average Bonchev–Trinajstić information content (AvgIpc) is 2.03. The van der Waals surface area contributed by atoms with Crippen molar-refractivity contribution >= 4 is 28.3 Å². The molecule has 2 rings (SSSR count). The molecule has 1 aliphatic carbocycles. The highest BCUT2D eigenvalue weighted by atomic mass is 127. The summed E-state index contributed by atoms with van der Waals surface area (Å²) in [7, 11) is 0. The third kappa shape index (κ3) is 2.16. The summed E-state index contributed by atoms with van der Waals surface area (Å²) in [6.07, 6.45) is 4.07. The molecule has 0 amide bonds. The summed E-state index contributed by atoms with van der Waals surface area (Å²) >= 11 is 2.36. The molecule has 70 valence electrons. The van der Waals surface area contributed by atoms with E-state index in [4.69, 9.17) is 0 Å². The summed E-state index contributed by atoms with van der Waals surface area (Å²) < 4.78 is 1.31. The summed E-state index contributed by atoms with van der Waals surface area (Å²) in [6.45, 7) is 2.16. The Labute approximate surface area is 93.1 Å². The van der Waals surface area contributed by atoms with Gasteiger partial charge in [0.15, 0.2) is 0 Å². The Bertz CT molecular complexity index is 305. The van der Waals surface area contributed by atoms with Crippen LogP contribution in [0.1, 0.15) is 24.8 Å². The molecule has 1 saturated carbocycles. The fourth-order valence-electron chi connectivity index (χ4n) is 1.52. The largest absolute Gasteiger partial charge is 0.382 e. The van der Waals surface area contributed by atoms with Gasteiger partial charge in [-0.05, 0) is 66.5 Å². The van der Waals surface area contributed by atoms with Gasteiger partial charge in [-0.15, -0.1) is 0 Å². The standard InChI is InChI=1S/C11H14IN/c1-8-5-6-9(12)7-11(8)13-10-3-2-4-10/h5-7,10,13H,2-4H2,1H3. The summed E-state index contributed by atoms with van der Waals surface area (Å²) in [5.41, 5.74) is 2.67. The van der Waals surface area contributed by atoms with Crippen LogP contribution in [-0.4, -0.2) is 6.04 Å². The predicted octanol–water partition coefficient (Wildman–Crippen LogP) is 3.56. The molecule has 1 aromatic rings. The van der Waals surface area contributed by atoms with E-state index >= 15 is 0 Å². The molecule has 1 nitrogen and oxygen atoms in total. The van der Waals surface area contributed by atoms with Crippen molar-refractivity contribution in [3.8, 4) is 0 Å². The maximum atomic E-state index is 3.58. The van der Waals surface area contributed by atoms with Gasteiger partial charge in [-0.25, -0.2) is 0 Å². The van der Waals surface area contributed by atoms with Gasteiger partial charge in [-0.1, -0.05) is 6.07 Å². The molecular weight excluding hydrogens is 273 g/mol. The lowest BCUT2D eigenvalue weighted by Crippen LogP contribution is -2.27. The van der Waals surface area contributed by atoms with E-state index in [0.29, 0.717) is 0 Å². The van der Waals surface area contributed by atoms with Crippen molar-refractivity contribution in [2.75, 3.05) is 5.32 Å². The van der Waals surface area contributed by atoms with Crippen molar-refractivity contribution in [2.24, 2.45) is 0 Å². The highest BCUT2D eigenvalue weighted by Gasteiger charge is 2.17. The van der Waals surface area contributed by atoms with Gasteiger partial charge >= 0.3 is 0 Å². The van der Waals surface area contributed by atoms with Crippen LogP contribution in [0.5, 0.6) is 0 Å². The van der Waals surface area contributed by atoms with Crippen LogP contribution in [-0.2, 0) is 0 Å². The van der Waals surface area contributed by atoms with Crippen molar-refractivity contribution < 1.29 is 0 Å². The zero-order valence-corrected chi connectivity index (χ0v) is 9.97. The Kier molecular flexibility index (Phi) is 2.77. The number of hydrogen-bond donors (Lipinski definition) is 1. The molecule has 1 aliphatic rings. The fourth-order valence-corrected chi connectivity index (χ4v) is 2.01. The second kappa shape index (κ2) is 3.86. The molecule has 0 heterocycles. The van der Waals surface area contributed by atoms with Gasteiger partial charge in [-0.3, -0.25) is 0 Å². The lowest BCUT2D eigenvalue weighted by molar-refractivity contribution is 0.445. The smallest absolute Gasteiger partial charge is 0.0382 e. The third-order valence-electron chi connectivity index (χ3n) is 2.66. The van der Waals surface area contributed by atoms with Gasteiger partial charge in [0.25, 0.3) is 0 Å². The summed E-state index contributed by atoms with van der Waals surface area (Å²) in [6, 6.07) is 7.30. The van der Waals surface area contributed by atoms with Crippen LogP contribution in [0.15, 0.2) is 18.2 Å². The van der Waals surface area contributed by atoms with Gasteiger partial charge in [0.1, 0.15) is 0 Å². The van der Waals surface area contributed by atoms with E-state index in [1.165, 1.54) is 34.1 Å². The fraction of sp³-hybridized carbons (Fsp3) is 0.455. The molecule has 0 radical (unpaired) electrons. The SMILES string of the molecule is Cc1ccc(I)cc1NC1CCC1. The highest BCUT2D eigenvalue weighted by molar-refractivity contribution is 14.1. The van der Waals surface area contributed by atoms with Crippen LogP contribution in [0, 0.1) is 10.5 Å². The molecule has 0 bridgehead atoms. The first kappa shape index (κ1) is 9.31. The maximum absolute atomic E-state index is 3.58. The van der Waals surface area contributed by atoms with Gasteiger partial charge < -0.3 is 5.32 Å². The number of hydrogen-bond acceptors (Lipinski definition) is 1. The number of benzene rings is 1. The zero-order valence-electron chi connectivity index (χ0n) is 7.81. The van der Waals surface area contributed by atoms with Crippen molar-refractivity contribution in [3.05, 3.63) is 27.3 Å². The normalized spacial score (nSPS) is 16.8. The minimum absolute atomic E-state index is 0.733. The quantitative estimate of drug-likeness (QED) is 0.820. The molecule has 13 heavy (non-hydrogen) atoms. The second-order valence-electron chi connectivity index (χ2n) is 3.73. The number of rotatable bonds is 2. The average molecular weight is 287 g/mol. The molecule has 1 aromatic carbocycles. The third-order valence-corrected chi connectivity index (χ3v) is 3.34. The molecule has 0 saturated heterocycles. The van der Waals surface area contributed by atoms with E-state index < -0.39 is 0 Å². The van der Waals surface area contributed by atoms with Crippen LogP contribution < -0.4 is 5.32 Å². The van der Waals surface area contributed by atoms with Gasteiger partial charge in [-0.2, -0.15) is 0 Å². The number of nitrogens with one attached hydrogen (secondary N) is 1. The van der Waals surface area contributed by atoms with Crippen LogP contribution in [0.2, 0.25) is 0 Å². The minimum atomic E-state index is 0.733. The molecule has 0 unspecified atom stereocenters. The summed E-state index contributed by atoms with van der Waals surface area (Å²) in [4.78, 5) is 0. The molecular formula is C11H14IN. The van der Waals surface area contributed by atoms with Crippen molar-refractivity contribution in [2.45, 2.75) is 32.2 Å². The van der Waals surface area contributed by atoms with Gasteiger partial charge in [0.05, 0.1) is 0 Å². The van der Waals surface area contributed by atoms with Gasteiger partial charge in [0, 0.05) is 15.3 Å². The van der Waals surface area contributed by atoms with E-state index in [1.807, 2.05) is 0 Å². The molecule has 0 aliphatic heterocycles. The Morgan fingerprint density at radius 1 is 1.38 bits per heavy atom. The summed E-state index contributed by atoms with van der Waals surface area (Å²) in [5.74, 6) is 0. The van der Waals surface area contributed by atoms with E-state index in [-0.39, 0.29) is 0 Å². The Morgan fingerprint density at radius 3 is 2.77 bits per heavy atom. The Balaban J connectivity index is 2.13. The molecule has 0 atom stereocenters. The monoisotopic (exact) mass is 287 g/mol.